The maximum absolute atomic E-state index is 13.8. The Bertz CT molecular complexity index is 763. The fourth-order valence-electron chi connectivity index (χ4n) is 1.92. The summed E-state index contributed by atoms with van der Waals surface area (Å²) in [5, 5.41) is 7.06. The molecule has 0 saturated heterocycles. The molecule has 0 fully saturated rings. The van der Waals surface area contributed by atoms with Gasteiger partial charge in [0.1, 0.15) is 5.75 Å². The minimum absolute atomic E-state index is 0.735. The highest BCUT2D eigenvalue weighted by atomic mass is 31.2. The maximum Gasteiger partial charge on any atom is 0.200 e. The van der Waals surface area contributed by atoms with Crippen LogP contribution in [-0.2, 0) is 4.57 Å². The van der Waals surface area contributed by atoms with Gasteiger partial charge in [-0.25, -0.2) is 26.3 Å². The van der Waals surface area contributed by atoms with Crippen LogP contribution in [0.4, 0.5) is 26.3 Å². The van der Waals surface area contributed by atoms with Crippen LogP contribution in [0.2, 0.25) is 0 Å². The molecule has 22 heavy (non-hydrogen) atoms. The van der Waals surface area contributed by atoms with E-state index in [2.05, 4.69) is 0 Å². The molecule has 0 saturated carbocycles. The lowest BCUT2D eigenvalue weighted by atomic mass is 10.3. The first-order chi connectivity index (χ1) is 10.3. The summed E-state index contributed by atoms with van der Waals surface area (Å²) in [5.41, 5.74) is 0. The van der Waals surface area contributed by atoms with Crippen molar-refractivity contribution in [3.05, 3.63) is 53.4 Å². The highest BCUT2D eigenvalue weighted by Gasteiger charge is 2.40. The molecule has 0 radical (unpaired) electrons. The second-order valence-electron chi connectivity index (χ2n) is 4.27. The van der Waals surface area contributed by atoms with E-state index in [1.807, 2.05) is 0 Å². The molecule has 1 N–H and O–H groups in total. The molecule has 1 atom stereocenters. The van der Waals surface area contributed by atoms with Crippen molar-refractivity contribution in [1.82, 2.24) is 0 Å². The van der Waals surface area contributed by atoms with Crippen LogP contribution in [0, 0.1) is 29.1 Å². The fraction of sp³-hybridized carbons (Fsp3) is 0.0769. The summed E-state index contributed by atoms with van der Waals surface area (Å²) in [6.45, 7) is 0. The van der Waals surface area contributed by atoms with Crippen LogP contribution in [-0.4, -0.2) is 11.5 Å². The second kappa shape index (κ2) is 5.68. The molecule has 9 heteroatoms. The number of rotatable bonds is 3. The average molecular weight is 340 g/mol. The van der Waals surface area contributed by atoms with Gasteiger partial charge in [-0.05, 0) is 12.1 Å². The number of halogens is 6. The first-order valence-corrected chi connectivity index (χ1v) is 7.60. The lowest BCUT2D eigenvalue weighted by Gasteiger charge is -2.18. The number of benzene rings is 2. The number of hydrogen-bond acceptors (Lipinski definition) is 2. The predicted molar refractivity (Wildman–Crippen MR) is 67.2 cm³/mol. The van der Waals surface area contributed by atoms with Crippen LogP contribution in [0.15, 0.2) is 24.3 Å². The Morgan fingerprint density at radius 2 is 1.32 bits per heavy atom. The van der Waals surface area contributed by atoms with Crippen molar-refractivity contribution in [3.63, 3.8) is 0 Å². The van der Waals surface area contributed by atoms with E-state index in [1.165, 1.54) is 12.1 Å². The number of para-hydroxylation sites is 1. The molecule has 0 spiro atoms. The molecule has 2 aromatic carbocycles. The summed E-state index contributed by atoms with van der Waals surface area (Å²) in [6.07, 6.45) is -1.93. The van der Waals surface area contributed by atoms with E-state index in [9.17, 15) is 36.0 Å². The predicted octanol–water partition coefficient (Wildman–Crippen LogP) is 3.33. The van der Waals surface area contributed by atoms with Gasteiger partial charge in [0, 0.05) is 0 Å². The van der Waals surface area contributed by atoms with Gasteiger partial charge in [0.05, 0.1) is 10.6 Å². The standard InChI is InChI=1S/C13H7F6O2P/c14-5-22(21,7-4-2-1-3-6(7)20)13-11(18)9(16)8(15)10(17)12(13)19/h1-4,20H,5H2. The molecule has 0 aliphatic heterocycles. The van der Waals surface area contributed by atoms with Crippen molar-refractivity contribution < 1.29 is 36.0 Å². The van der Waals surface area contributed by atoms with E-state index in [0.29, 0.717) is 0 Å². The maximum atomic E-state index is 13.8. The summed E-state index contributed by atoms with van der Waals surface area (Å²) >= 11 is 0. The Hall–Kier alpha value is -1.95. The van der Waals surface area contributed by atoms with E-state index in [4.69, 9.17) is 0 Å². The molecule has 1 unspecified atom stereocenters. The molecular weight excluding hydrogens is 333 g/mol. The van der Waals surface area contributed by atoms with Gasteiger partial charge in [-0.1, -0.05) is 12.1 Å². The van der Waals surface area contributed by atoms with Crippen molar-refractivity contribution in [2.24, 2.45) is 0 Å². The van der Waals surface area contributed by atoms with Gasteiger partial charge in [0.2, 0.25) is 5.82 Å². The molecule has 2 rings (SSSR count). The van der Waals surface area contributed by atoms with Gasteiger partial charge < -0.3 is 9.67 Å². The lowest BCUT2D eigenvalue weighted by Crippen LogP contribution is -2.27. The van der Waals surface area contributed by atoms with Gasteiger partial charge in [-0.2, -0.15) is 0 Å². The van der Waals surface area contributed by atoms with Crippen molar-refractivity contribution in [3.8, 4) is 5.75 Å². The zero-order valence-corrected chi connectivity index (χ0v) is 11.5. The monoisotopic (exact) mass is 340 g/mol. The largest absolute Gasteiger partial charge is 0.507 e. The van der Waals surface area contributed by atoms with Crippen molar-refractivity contribution in [1.29, 1.82) is 0 Å². The molecule has 2 aromatic rings. The average Bonchev–Trinajstić information content (AvgIpc) is 2.51. The fourth-order valence-corrected chi connectivity index (χ4v) is 4.02. The van der Waals surface area contributed by atoms with Crippen LogP contribution in [0.3, 0.4) is 0 Å². The smallest absolute Gasteiger partial charge is 0.200 e. The van der Waals surface area contributed by atoms with Gasteiger partial charge in [-0.3, -0.25) is 0 Å². The minimum atomic E-state index is -4.90. The van der Waals surface area contributed by atoms with Gasteiger partial charge in [-0.15, -0.1) is 0 Å². The van der Waals surface area contributed by atoms with Crippen LogP contribution in [0.1, 0.15) is 0 Å². The van der Waals surface area contributed by atoms with Gasteiger partial charge in [0.25, 0.3) is 0 Å². The third kappa shape index (κ3) is 2.27. The number of phenolic OH excluding ortho intramolecular Hbond substituents is 1. The SMILES string of the molecule is O=P(CF)(c1ccccc1O)c1c(F)c(F)c(F)c(F)c1F. The molecule has 0 aliphatic carbocycles. The number of alkyl halides is 1. The first-order valence-electron chi connectivity index (χ1n) is 5.71. The summed E-state index contributed by atoms with van der Waals surface area (Å²) in [5.74, 6) is -12.7. The third-order valence-electron chi connectivity index (χ3n) is 2.99. The highest BCUT2D eigenvalue weighted by molar-refractivity contribution is 7.78. The lowest BCUT2D eigenvalue weighted by molar-refractivity contribution is 0.383. The van der Waals surface area contributed by atoms with Gasteiger partial charge >= 0.3 is 0 Å². The second-order valence-corrected chi connectivity index (χ2v) is 6.91. The highest BCUT2D eigenvalue weighted by Crippen LogP contribution is 2.48. The van der Waals surface area contributed by atoms with Crippen LogP contribution in [0.5, 0.6) is 5.75 Å². The Morgan fingerprint density at radius 3 is 1.77 bits per heavy atom. The van der Waals surface area contributed by atoms with E-state index in [-0.39, 0.29) is 0 Å². The zero-order chi connectivity index (χ0) is 16.7. The summed E-state index contributed by atoms with van der Waals surface area (Å²) in [6, 6.07) is 4.25. The quantitative estimate of drug-likeness (QED) is 0.403. The van der Waals surface area contributed by atoms with Crippen LogP contribution >= 0.6 is 7.14 Å². The molecule has 0 aliphatic rings. The van der Waals surface area contributed by atoms with Crippen LogP contribution in [0.25, 0.3) is 0 Å². The number of aromatic hydroxyl groups is 1. The van der Waals surface area contributed by atoms with Gasteiger partial charge in [0.15, 0.2) is 36.8 Å². The van der Waals surface area contributed by atoms with Crippen LogP contribution < -0.4 is 10.6 Å². The van der Waals surface area contributed by atoms with E-state index in [1.54, 1.807) is 0 Å². The Morgan fingerprint density at radius 1 is 0.864 bits per heavy atom. The molecular formula is C13H7F6O2P. The zero-order valence-electron chi connectivity index (χ0n) is 10.6. The van der Waals surface area contributed by atoms with E-state index < -0.39 is 59.0 Å². The van der Waals surface area contributed by atoms with Crippen molar-refractivity contribution in [2.45, 2.75) is 0 Å². The number of phenols is 1. The minimum Gasteiger partial charge on any atom is -0.507 e. The normalized spacial score (nSPS) is 13.9. The molecule has 0 heterocycles. The Labute approximate surface area is 120 Å². The topological polar surface area (TPSA) is 37.3 Å². The Balaban J connectivity index is 2.89. The van der Waals surface area contributed by atoms with Crippen molar-refractivity contribution >= 4 is 17.8 Å². The first kappa shape index (κ1) is 16.4. The summed E-state index contributed by atoms with van der Waals surface area (Å²) < 4.78 is 92.8. The molecule has 118 valence electrons. The summed E-state index contributed by atoms with van der Waals surface area (Å²) in [7, 11) is -4.90. The Kier molecular flexibility index (Phi) is 4.24. The number of hydrogen-bond donors (Lipinski definition) is 1. The van der Waals surface area contributed by atoms with Crippen molar-refractivity contribution in [2.75, 3.05) is 6.42 Å². The molecule has 0 amide bonds. The third-order valence-corrected chi connectivity index (χ3v) is 5.60. The molecule has 2 nitrogen and oxygen atoms in total. The summed E-state index contributed by atoms with van der Waals surface area (Å²) in [4.78, 5) is 0. The molecule has 0 aromatic heterocycles. The van der Waals surface area contributed by atoms with E-state index >= 15 is 0 Å². The molecule has 0 bridgehead atoms. The van der Waals surface area contributed by atoms with E-state index in [0.717, 1.165) is 12.1 Å².